The van der Waals surface area contributed by atoms with Crippen molar-refractivity contribution < 1.29 is 13.3 Å². The van der Waals surface area contributed by atoms with Crippen LogP contribution in [0.1, 0.15) is 30.9 Å². The highest BCUT2D eigenvalue weighted by Crippen LogP contribution is 2.31. The number of nitro benzene ring substituents is 1. The molecule has 1 saturated heterocycles. The second-order valence-electron chi connectivity index (χ2n) is 6.52. The summed E-state index contributed by atoms with van der Waals surface area (Å²) in [4.78, 5) is 10.5. The molecule has 1 aliphatic heterocycles. The zero-order valence-electron chi connectivity index (χ0n) is 15.2. The Bertz CT molecular complexity index is 938. The van der Waals surface area contributed by atoms with Gasteiger partial charge in [-0.15, -0.1) is 0 Å². The lowest BCUT2D eigenvalue weighted by atomic mass is 10.1. The summed E-state index contributed by atoms with van der Waals surface area (Å²) in [5.74, 6) is 0. The van der Waals surface area contributed by atoms with Crippen molar-refractivity contribution in [2.45, 2.75) is 37.6 Å². The van der Waals surface area contributed by atoms with Crippen LogP contribution in [0.4, 0.5) is 11.4 Å². The zero-order chi connectivity index (χ0) is 19.4. The van der Waals surface area contributed by atoms with Crippen LogP contribution in [0.2, 0.25) is 0 Å². The summed E-state index contributed by atoms with van der Waals surface area (Å²) in [6.45, 7) is 3.41. The summed E-state index contributed by atoms with van der Waals surface area (Å²) in [6.07, 6.45) is 2.48. The predicted octanol–water partition coefficient (Wildman–Crippen LogP) is 3.55. The van der Waals surface area contributed by atoms with E-state index in [0.717, 1.165) is 30.9 Å². The molecule has 0 atom stereocenters. The number of nitrogens with one attached hydrogen (secondary N) is 1. The van der Waals surface area contributed by atoms with Gasteiger partial charge in [0.25, 0.3) is 5.69 Å². The Hall–Kier alpha value is -2.45. The molecule has 8 heteroatoms. The van der Waals surface area contributed by atoms with Crippen LogP contribution in [-0.2, 0) is 23.0 Å². The number of sulfonamides is 1. The Morgan fingerprint density at radius 2 is 1.78 bits per heavy atom. The Kier molecular flexibility index (Phi) is 5.76. The lowest BCUT2D eigenvalue weighted by Gasteiger charge is -2.19. The van der Waals surface area contributed by atoms with Crippen molar-refractivity contribution in [3.63, 3.8) is 0 Å². The van der Waals surface area contributed by atoms with Gasteiger partial charge in [-0.25, -0.2) is 8.42 Å². The van der Waals surface area contributed by atoms with E-state index in [1.807, 2.05) is 24.3 Å². The summed E-state index contributed by atoms with van der Waals surface area (Å²) >= 11 is 0. The van der Waals surface area contributed by atoms with E-state index in [9.17, 15) is 18.5 Å². The smallest absolute Gasteiger partial charge is 0.270 e. The van der Waals surface area contributed by atoms with Crippen LogP contribution in [-0.4, -0.2) is 30.7 Å². The Labute approximate surface area is 159 Å². The summed E-state index contributed by atoms with van der Waals surface area (Å²) in [5, 5.41) is 14.3. The number of hydrogen-bond donors (Lipinski definition) is 1. The molecule has 0 bridgehead atoms. The van der Waals surface area contributed by atoms with Crippen LogP contribution in [0.3, 0.4) is 0 Å². The largest absolute Gasteiger partial charge is 0.380 e. The quantitative estimate of drug-likeness (QED) is 0.577. The standard InChI is InChI=1S/C19H23N3O4S/c1-2-15-7-3-4-8-16(15)14-20-18-10-9-17(22(23)24)13-19(18)27(25,26)21-11-5-6-12-21/h3-4,7-10,13,20H,2,5-6,11-12,14H2,1H3. The molecule has 7 nitrogen and oxygen atoms in total. The molecule has 3 rings (SSSR count). The monoisotopic (exact) mass is 389 g/mol. The molecule has 1 aliphatic rings. The van der Waals surface area contributed by atoms with Gasteiger partial charge in [-0.2, -0.15) is 4.31 Å². The predicted molar refractivity (Wildman–Crippen MR) is 104 cm³/mol. The van der Waals surface area contributed by atoms with Crippen molar-refractivity contribution in [2.75, 3.05) is 18.4 Å². The third kappa shape index (κ3) is 4.12. The zero-order valence-corrected chi connectivity index (χ0v) is 16.0. The fourth-order valence-electron chi connectivity index (χ4n) is 3.32. The van der Waals surface area contributed by atoms with Gasteiger partial charge in [0.2, 0.25) is 10.0 Å². The van der Waals surface area contributed by atoms with Gasteiger partial charge in [-0.1, -0.05) is 31.2 Å². The maximum absolute atomic E-state index is 13.0. The van der Waals surface area contributed by atoms with Gasteiger partial charge in [0.15, 0.2) is 0 Å². The van der Waals surface area contributed by atoms with Crippen molar-refractivity contribution in [3.05, 3.63) is 63.7 Å². The number of rotatable bonds is 7. The molecule has 2 aromatic carbocycles. The molecule has 0 aromatic heterocycles. The third-order valence-corrected chi connectivity index (χ3v) is 6.77. The fraction of sp³-hybridized carbons (Fsp3) is 0.368. The first-order chi connectivity index (χ1) is 12.9. The number of anilines is 1. The minimum Gasteiger partial charge on any atom is -0.380 e. The van der Waals surface area contributed by atoms with Crippen LogP contribution in [0.5, 0.6) is 0 Å². The van der Waals surface area contributed by atoms with E-state index in [0.29, 0.717) is 25.3 Å². The van der Waals surface area contributed by atoms with E-state index in [2.05, 4.69) is 12.2 Å². The van der Waals surface area contributed by atoms with Gasteiger partial charge >= 0.3 is 0 Å². The fourth-order valence-corrected chi connectivity index (χ4v) is 5.02. The average molecular weight is 389 g/mol. The lowest BCUT2D eigenvalue weighted by Crippen LogP contribution is -2.28. The van der Waals surface area contributed by atoms with E-state index in [1.54, 1.807) is 0 Å². The first-order valence-electron chi connectivity index (χ1n) is 9.02. The van der Waals surface area contributed by atoms with Crippen molar-refractivity contribution in [1.82, 2.24) is 4.31 Å². The molecule has 1 N–H and O–H groups in total. The highest BCUT2D eigenvalue weighted by atomic mass is 32.2. The van der Waals surface area contributed by atoms with Gasteiger partial charge in [0.1, 0.15) is 4.90 Å². The third-order valence-electron chi connectivity index (χ3n) is 4.83. The number of aryl methyl sites for hydroxylation is 1. The Morgan fingerprint density at radius 3 is 2.41 bits per heavy atom. The second-order valence-corrected chi connectivity index (χ2v) is 8.43. The number of hydrogen-bond acceptors (Lipinski definition) is 5. The molecule has 1 heterocycles. The van der Waals surface area contributed by atoms with Gasteiger partial charge in [-0.05, 0) is 36.5 Å². The SMILES string of the molecule is CCc1ccccc1CNc1ccc([N+](=O)[O-])cc1S(=O)(=O)N1CCCC1. The van der Waals surface area contributed by atoms with Crippen molar-refractivity contribution in [1.29, 1.82) is 0 Å². The first-order valence-corrected chi connectivity index (χ1v) is 10.5. The van der Waals surface area contributed by atoms with Crippen LogP contribution in [0, 0.1) is 10.1 Å². The molecular weight excluding hydrogens is 366 g/mol. The highest BCUT2D eigenvalue weighted by molar-refractivity contribution is 7.89. The molecule has 0 radical (unpaired) electrons. The van der Waals surface area contributed by atoms with Gasteiger partial charge < -0.3 is 5.32 Å². The topological polar surface area (TPSA) is 92.5 Å². The van der Waals surface area contributed by atoms with Crippen molar-refractivity contribution in [2.24, 2.45) is 0 Å². The summed E-state index contributed by atoms with van der Waals surface area (Å²) in [5.41, 5.74) is 2.41. The maximum Gasteiger partial charge on any atom is 0.270 e. The van der Waals surface area contributed by atoms with E-state index in [-0.39, 0.29) is 10.6 Å². The normalized spacial score (nSPS) is 15.0. The Morgan fingerprint density at radius 1 is 1.11 bits per heavy atom. The van der Waals surface area contributed by atoms with Crippen LogP contribution >= 0.6 is 0 Å². The van der Waals surface area contributed by atoms with Gasteiger partial charge in [0, 0.05) is 31.8 Å². The van der Waals surface area contributed by atoms with Crippen LogP contribution in [0.25, 0.3) is 0 Å². The van der Waals surface area contributed by atoms with Gasteiger partial charge in [-0.3, -0.25) is 10.1 Å². The van der Waals surface area contributed by atoms with E-state index in [4.69, 9.17) is 0 Å². The molecule has 0 spiro atoms. The molecule has 1 fully saturated rings. The minimum absolute atomic E-state index is 0.0346. The number of non-ortho nitro benzene ring substituents is 1. The molecule has 27 heavy (non-hydrogen) atoms. The average Bonchev–Trinajstić information content (AvgIpc) is 3.22. The second kappa shape index (κ2) is 8.06. The van der Waals surface area contributed by atoms with E-state index < -0.39 is 14.9 Å². The Balaban J connectivity index is 1.95. The highest BCUT2D eigenvalue weighted by Gasteiger charge is 2.31. The molecule has 0 amide bonds. The minimum atomic E-state index is -3.78. The summed E-state index contributed by atoms with van der Waals surface area (Å²) < 4.78 is 27.5. The van der Waals surface area contributed by atoms with E-state index >= 15 is 0 Å². The molecular formula is C19H23N3O4S. The van der Waals surface area contributed by atoms with Gasteiger partial charge in [0.05, 0.1) is 10.6 Å². The number of nitro groups is 1. The van der Waals surface area contributed by atoms with Crippen molar-refractivity contribution in [3.8, 4) is 0 Å². The number of benzene rings is 2. The van der Waals surface area contributed by atoms with E-state index in [1.165, 1.54) is 22.0 Å². The van der Waals surface area contributed by atoms with Crippen LogP contribution in [0.15, 0.2) is 47.4 Å². The lowest BCUT2D eigenvalue weighted by molar-refractivity contribution is -0.385. The maximum atomic E-state index is 13.0. The number of nitrogens with zero attached hydrogens (tertiary/aromatic N) is 2. The van der Waals surface area contributed by atoms with Crippen LogP contribution < -0.4 is 5.32 Å². The summed E-state index contributed by atoms with van der Waals surface area (Å²) in [6, 6.07) is 11.9. The molecule has 0 aliphatic carbocycles. The molecule has 0 unspecified atom stereocenters. The summed E-state index contributed by atoms with van der Waals surface area (Å²) in [7, 11) is -3.78. The molecule has 2 aromatic rings. The van der Waals surface area contributed by atoms with Crippen molar-refractivity contribution >= 4 is 21.4 Å². The molecule has 144 valence electrons. The first kappa shape index (κ1) is 19.3. The molecule has 0 saturated carbocycles.